The lowest BCUT2D eigenvalue weighted by atomic mass is 10.0. The maximum atomic E-state index is 12.9. The first-order valence-corrected chi connectivity index (χ1v) is 10.1. The molecule has 2 aromatic rings. The summed E-state index contributed by atoms with van der Waals surface area (Å²) in [6.07, 6.45) is 1.77. The maximum Gasteiger partial charge on any atom is 0.255 e. The number of amides is 1. The second-order valence-electron chi connectivity index (χ2n) is 6.83. The largest absolute Gasteiger partial charge is 0.395 e. The lowest BCUT2D eigenvalue weighted by molar-refractivity contribution is 0.0720. The molecule has 1 aliphatic rings. The minimum atomic E-state index is 0.00326. The van der Waals surface area contributed by atoms with Crippen molar-refractivity contribution in [2.45, 2.75) is 46.7 Å². The molecule has 0 saturated heterocycles. The molecule has 0 atom stereocenters. The van der Waals surface area contributed by atoms with Gasteiger partial charge in [0.2, 0.25) is 0 Å². The molecule has 0 aliphatic carbocycles. The number of fused-ring (bicyclic) bond motifs is 1. The minimum Gasteiger partial charge on any atom is -0.395 e. The topological polar surface area (TPSA) is 69.8 Å². The fourth-order valence-electron chi connectivity index (χ4n) is 3.52. The maximum absolute atomic E-state index is 12.9. The fourth-order valence-corrected chi connectivity index (χ4v) is 4.64. The number of aryl methyl sites for hydroxylation is 2. The molecule has 26 heavy (non-hydrogen) atoms. The molecule has 1 amide bonds. The van der Waals surface area contributed by atoms with Gasteiger partial charge in [-0.3, -0.25) is 9.69 Å². The van der Waals surface area contributed by atoms with Gasteiger partial charge in [-0.25, -0.2) is 0 Å². The van der Waals surface area contributed by atoms with Crippen LogP contribution in [0.1, 0.15) is 51.2 Å². The van der Waals surface area contributed by atoms with E-state index in [0.29, 0.717) is 13.1 Å². The summed E-state index contributed by atoms with van der Waals surface area (Å²) >= 11 is 1.67. The molecule has 0 bridgehead atoms. The Labute approximate surface area is 158 Å². The molecule has 0 saturated carbocycles. The van der Waals surface area contributed by atoms with Crippen molar-refractivity contribution in [2.75, 3.05) is 26.2 Å². The highest BCUT2D eigenvalue weighted by molar-refractivity contribution is 7.10. The van der Waals surface area contributed by atoms with Crippen molar-refractivity contribution in [3.63, 3.8) is 0 Å². The Morgan fingerprint density at radius 2 is 2.23 bits per heavy atom. The van der Waals surface area contributed by atoms with Gasteiger partial charge in [0, 0.05) is 48.5 Å². The fraction of sp³-hybridized carbons (Fsp3) is 0.579. The van der Waals surface area contributed by atoms with E-state index in [2.05, 4.69) is 10.1 Å². The number of hydrogen-bond donors (Lipinski definition) is 1. The number of aromatic nitrogens is 1. The van der Waals surface area contributed by atoms with E-state index in [9.17, 15) is 9.90 Å². The van der Waals surface area contributed by atoms with E-state index in [1.165, 1.54) is 16.0 Å². The Morgan fingerprint density at radius 3 is 2.88 bits per heavy atom. The van der Waals surface area contributed by atoms with Gasteiger partial charge in [-0.15, -0.1) is 11.3 Å². The van der Waals surface area contributed by atoms with Crippen LogP contribution in [-0.2, 0) is 19.5 Å². The average Bonchev–Trinajstić information content (AvgIpc) is 3.19. The third kappa shape index (κ3) is 3.84. The zero-order valence-corrected chi connectivity index (χ0v) is 16.6. The number of carbonyl (C=O) groups is 1. The van der Waals surface area contributed by atoms with Gasteiger partial charge in [0.05, 0.1) is 17.9 Å². The Hall–Kier alpha value is -1.70. The number of rotatable bonds is 7. The summed E-state index contributed by atoms with van der Waals surface area (Å²) in [5.41, 5.74) is 4.13. The van der Waals surface area contributed by atoms with Crippen LogP contribution in [0.15, 0.2) is 9.90 Å². The molecular weight excluding hydrogens is 350 g/mol. The van der Waals surface area contributed by atoms with E-state index in [1.54, 1.807) is 16.2 Å². The smallest absolute Gasteiger partial charge is 0.255 e. The molecule has 0 aromatic carbocycles. The highest BCUT2D eigenvalue weighted by Gasteiger charge is 2.27. The second kappa shape index (κ2) is 8.33. The molecule has 1 aliphatic heterocycles. The van der Waals surface area contributed by atoms with Crippen LogP contribution in [0, 0.1) is 13.8 Å². The van der Waals surface area contributed by atoms with E-state index in [1.807, 2.05) is 26.2 Å². The summed E-state index contributed by atoms with van der Waals surface area (Å²) in [6, 6.07) is 0. The number of aliphatic hydroxyl groups is 1. The summed E-state index contributed by atoms with van der Waals surface area (Å²) in [6.45, 7) is 9.66. The van der Waals surface area contributed by atoms with Crippen LogP contribution >= 0.6 is 11.3 Å². The number of hydrogen-bond acceptors (Lipinski definition) is 6. The van der Waals surface area contributed by atoms with Crippen molar-refractivity contribution in [1.29, 1.82) is 0 Å². The average molecular weight is 378 g/mol. The minimum absolute atomic E-state index is 0.00326. The molecule has 0 unspecified atom stereocenters. The van der Waals surface area contributed by atoms with Gasteiger partial charge >= 0.3 is 0 Å². The molecule has 2 aromatic heterocycles. The van der Waals surface area contributed by atoms with Crippen molar-refractivity contribution in [2.24, 2.45) is 0 Å². The second-order valence-corrected chi connectivity index (χ2v) is 7.79. The first kappa shape index (κ1) is 19.1. The monoisotopic (exact) mass is 377 g/mol. The van der Waals surface area contributed by atoms with E-state index in [-0.39, 0.29) is 12.5 Å². The first-order chi connectivity index (χ1) is 12.5. The highest BCUT2D eigenvalue weighted by atomic mass is 32.1. The van der Waals surface area contributed by atoms with E-state index in [4.69, 9.17) is 4.52 Å². The van der Waals surface area contributed by atoms with Crippen LogP contribution in [0.2, 0.25) is 0 Å². The first-order valence-electron chi connectivity index (χ1n) is 9.18. The Balaban J connectivity index is 1.73. The number of carbonyl (C=O) groups excluding carboxylic acids is 1. The normalized spacial score (nSPS) is 14.5. The van der Waals surface area contributed by atoms with E-state index < -0.39 is 0 Å². The molecular formula is C19H27N3O3S. The van der Waals surface area contributed by atoms with Crippen LogP contribution in [0.3, 0.4) is 0 Å². The van der Waals surface area contributed by atoms with Gasteiger partial charge in [0.15, 0.2) is 0 Å². The molecule has 0 fully saturated rings. The highest BCUT2D eigenvalue weighted by Crippen LogP contribution is 2.31. The summed E-state index contributed by atoms with van der Waals surface area (Å²) in [5.74, 6) is 0.937. The van der Waals surface area contributed by atoms with E-state index in [0.717, 1.165) is 49.5 Å². The Bertz CT molecular complexity index is 743. The summed E-state index contributed by atoms with van der Waals surface area (Å²) in [7, 11) is 0. The quantitative estimate of drug-likeness (QED) is 0.803. The predicted octanol–water partition coefficient (Wildman–Crippen LogP) is 2.76. The predicted molar refractivity (Wildman–Crippen MR) is 101 cm³/mol. The molecule has 7 heteroatoms. The van der Waals surface area contributed by atoms with Crippen LogP contribution in [0.25, 0.3) is 0 Å². The van der Waals surface area contributed by atoms with Gasteiger partial charge in [-0.05, 0) is 32.3 Å². The van der Waals surface area contributed by atoms with Crippen molar-refractivity contribution < 1.29 is 14.4 Å². The summed E-state index contributed by atoms with van der Waals surface area (Å²) < 4.78 is 5.27. The Morgan fingerprint density at radius 1 is 1.42 bits per heavy atom. The van der Waals surface area contributed by atoms with Crippen LogP contribution in [0.5, 0.6) is 0 Å². The number of nitrogens with zero attached hydrogens (tertiary/aromatic N) is 3. The molecule has 1 N–H and O–H groups in total. The lowest BCUT2D eigenvalue weighted by Gasteiger charge is -2.28. The Kier molecular flexibility index (Phi) is 6.11. The zero-order valence-electron chi connectivity index (χ0n) is 15.7. The van der Waals surface area contributed by atoms with Crippen LogP contribution < -0.4 is 0 Å². The summed E-state index contributed by atoms with van der Waals surface area (Å²) in [4.78, 5) is 18.3. The molecule has 3 heterocycles. The number of aliphatic hydroxyl groups excluding tert-OH is 1. The van der Waals surface area contributed by atoms with Gasteiger partial charge in [0.25, 0.3) is 5.91 Å². The molecule has 6 nitrogen and oxygen atoms in total. The van der Waals surface area contributed by atoms with Gasteiger partial charge in [0.1, 0.15) is 5.76 Å². The molecule has 3 rings (SSSR count). The summed E-state index contributed by atoms with van der Waals surface area (Å²) in [5, 5.41) is 15.3. The van der Waals surface area contributed by atoms with Crippen molar-refractivity contribution in [3.05, 3.63) is 38.4 Å². The van der Waals surface area contributed by atoms with Crippen LogP contribution in [-0.4, -0.2) is 52.2 Å². The van der Waals surface area contributed by atoms with Crippen LogP contribution in [0.4, 0.5) is 0 Å². The SMILES string of the molecule is CCCN(CCO)C(=O)c1csc2c1CCN(Cc1c(C)noc1C)C2. The van der Waals surface area contributed by atoms with Gasteiger partial charge in [-0.1, -0.05) is 12.1 Å². The number of thiophene rings is 1. The molecule has 142 valence electrons. The van der Waals surface area contributed by atoms with Crippen molar-refractivity contribution >= 4 is 17.2 Å². The molecule has 0 radical (unpaired) electrons. The standard InChI is InChI=1S/C19H27N3O3S/c1-4-6-22(8-9-23)19(24)17-12-26-18-11-21(7-5-15(17)18)10-16-13(2)20-25-14(16)3/h12,23H,4-11H2,1-3H3. The van der Waals surface area contributed by atoms with Crippen molar-refractivity contribution in [3.8, 4) is 0 Å². The third-order valence-electron chi connectivity index (χ3n) is 4.97. The van der Waals surface area contributed by atoms with Gasteiger partial charge in [-0.2, -0.15) is 0 Å². The van der Waals surface area contributed by atoms with Crippen molar-refractivity contribution in [1.82, 2.24) is 15.0 Å². The van der Waals surface area contributed by atoms with E-state index >= 15 is 0 Å². The molecule has 0 spiro atoms. The lowest BCUT2D eigenvalue weighted by Crippen LogP contribution is -2.35. The zero-order chi connectivity index (χ0) is 18.7. The third-order valence-corrected chi connectivity index (χ3v) is 5.98. The van der Waals surface area contributed by atoms with Gasteiger partial charge < -0.3 is 14.5 Å².